The van der Waals surface area contributed by atoms with Crippen LogP contribution in [0.4, 0.5) is 5.82 Å². The first-order valence-electron chi connectivity index (χ1n) is 5.83. The summed E-state index contributed by atoms with van der Waals surface area (Å²) >= 11 is 0. The summed E-state index contributed by atoms with van der Waals surface area (Å²) in [6.07, 6.45) is 5.31. The van der Waals surface area contributed by atoms with Crippen molar-refractivity contribution >= 4 is 5.82 Å². The van der Waals surface area contributed by atoms with Gasteiger partial charge in [0.2, 0.25) is 0 Å². The van der Waals surface area contributed by atoms with Crippen molar-refractivity contribution in [2.45, 2.75) is 39.5 Å². The van der Waals surface area contributed by atoms with E-state index >= 15 is 0 Å². The summed E-state index contributed by atoms with van der Waals surface area (Å²) < 4.78 is 0. The number of anilines is 1. The van der Waals surface area contributed by atoms with E-state index in [0.29, 0.717) is 0 Å². The van der Waals surface area contributed by atoms with E-state index in [-0.39, 0.29) is 0 Å². The molecule has 0 bridgehead atoms. The molecule has 3 heteroatoms. The molecule has 0 unspecified atom stereocenters. The predicted octanol–water partition coefficient (Wildman–Crippen LogP) is 2.47. The van der Waals surface area contributed by atoms with Gasteiger partial charge in [-0.25, -0.2) is 9.97 Å². The van der Waals surface area contributed by atoms with Crippen LogP contribution in [0.3, 0.4) is 0 Å². The summed E-state index contributed by atoms with van der Waals surface area (Å²) in [7, 11) is 0. The first-order valence-corrected chi connectivity index (χ1v) is 5.83. The SMILES string of the molecule is Cc1cc(N2CCCCCC2)nc(C)n1. The van der Waals surface area contributed by atoms with Crippen molar-refractivity contribution in [2.75, 3.05) is 18.0 Å². The Hall–Kier alpha value is -1.12. The van der Waals surface area contributed by atoms with Crippen molar-refractivity contribution in [3.05, 3.63) is 17.6 Å². The minimum Gasteiger partial charge on any atom is -0.357 e. The van der Waals surface area contributed by atoms with E-state index in [9.17, 15) is 0 Å². The van der Waals surface area contributed by atoms with Crippen LogP contribution in [0.1, 0.15) is 37.2 Å². The van der Waals surface area contributed by atoms with Gasteiger partial charge in [0.05, 0.1) is 0 Å². The Morgan fingerprint density at radius 1 is 1.00 bits per heavy atom. The van der Waals surface area contributed by atoms with Crippen LogP contribution in [0.25, 0.3) is 0 Å². The molecule has 1 aromatic rings. The largest absolute Gasteiger partial charge is 0.357 e. The minimum atomic E-state index is 0.884. The van der Waals surface area contributed by atoms with Crippen molar-refractivity contribution in [1.82, 2.24) is 9.97 Å². The standard InChI is InChI=1S/C12H19N3/c1-10-9-12(14-11(2)13-10)15-7-5-3-4-6-8-15/h9H,3-8H2,1-2H3. The zero-order valence-electron chi connectivity index (χ0n) is 9.66. The maximum atomic E-state index is 4.51. The molecular formula is C12H19N3. The maximum Gasteiger partial charge on any atom is 0.132 e. The molecule has 2 heterocycles. The van der Waals surface area contributed by atoms with E-state index in [1.165, 1.54) is 25.7 Å². The lowest BCUT2D eigenvalue weighted by Crippen LogP contribution is -2.25. The fourth-order valence-corrected chi connectivity index (χ4v) is 2.16. The van der Waals surface area contributed by atoms with E-state index in [2.05, 4.69) is 20.9 Å². The molecule has 0 N–H and O–H groups in total. The normalized spacial score (nSPS) is 17.6. The average molecular weight is 205 g/mol. The van der Waals surface area contributed by atoms with E-state index in [1.807, 2.05) is 13.8 Å². The second-order valence-corrected chi connectivity index (χ2v) is 4.32. The average Bonchev–Trinajstić information content (AvgIpc) is 2.43. The second-order valence-electron chi connectivity index (χ2n) is 4.32. The lowest BCUT2D eigenvalue weighted by molar-refractivity contribution is 0.726. The van der Waals surface area contributed by atoms with Crippen LogP contribution in [0, 0.1) is 13.8 Å². The van der Waals surface area contributed by atoms with E-state index in [4.69, 9.17) is 0 Å². The van der Waals surface area contributed by atoms with Crippen LogP contribution < -0.4 is 4.90 Å². The molecule has 1 aliphatic heterocycles. The molecule has 2 rings (SSSR count). The summed E-state index contributed by atoms with van der Waals surface area (Å²) in [5.41, 5.74) is 1.07. The summed E-state index contributed by atoms with van der Waals surface area (Å²) in [4.78, 5) is 11.2. The first kappa shape index (κ1) is 10.4. The van der Waals surface area contributed by atoms with Crippen LogP contribution in [0.15, 0.2) is 6.07 Å². The Bertz CT molecular complexity index is 307. The molecule has 3 nitrogen and oxygen atoms in total. The summed E-state index contributed by atoms with van der Waals surface area (Å²) in [6.45, 7) is 6.30. The van der Waals surface area contributed by atoms with Gasteiger partial charge in [-0.3, -0.25) is 0 Å². The number of rotatable bonds is 1. The molecule has 0 amide bonds. The Kier molecular flexibility index (Phi) is 3.19. The van der Waals surface area contributed by atoms with Crippen LogP contribution in [0.2, 0.25) is 0 Å². The minimum absolute atomic E-state index is 0.884. The summed E-state index contributed by atoms with van der Waals surface area (Å²) in [5.74, 6) is 2.00. The molecule has 0 aliphatic carbocycles. The molecular weight excluding hydrogens is 186 g/mol. The van der Waals surface area contributed by atoms with Gasteiger partial charge in [-0.05, 0) is 26.7 Å². The van der Waals surface area contributed by atoms with Gasteiger partial charge in [0.25, 0.3) is 0 Å². The highest BCUT2D eigenvalue weighted by Crippen LogP contribution is 2.17. The van der Waals surface area contributed by atoms with Crippen molar-refractivity contribution in [3.63, 3.8) is 0 Å². The fourth-order valence-electron chi connectivity index (χ4n) is 2.16. The topological polar surface area (TPSA) is 29.0 Å². The highest BCUT2D eigenvalue weighted by Gasteiger charge is 2.11. The molecule has 15 heavy (non-hydrogen) atoms. The van der Waals surface area contributed by atoms with Gasteiger partial charge in [0.1, 0.15) is 11.6 Å². The zero-order chi connectivity index (χ0) is 10.7. The third kappa shape index (κ3) is 2.67. The molecule has 0 spiro atoms. The van der Waals surface area contributed by atoms with Crippen molar-refractivity contribution in [2.24, 2.45) is 0 Å². The number of nitrogens with zero attached hydrogens (tertiary/aromatic N) is 3. The van der Waals surface area contributed by atoms with Crippen LogP contribution >= 0.6 is 0 Å². The van der Waals surface area contributed by atoms with Crippen molar-refractivity contribution in [3.8, 4) is 0 Å². The van der Waals surface area contributed by atoms with Crippen LogP contribution in [0.5, 0.6) is 0 Å². The Labute approximate surface area is 91.5 Å². The number of aromatic nitrogens is 2. The van der Waals surface area contributed by atoms with Gasteiger partial charge < -0.3 is 4.90 Å². The van der Waals surface area contributed by atoms with Crippen LogP contribution in [-0.4, -0.2) is 23.1 Å². The molecule has 0 aromatic carbocycles. The second kappa shape index (κ2) is 4.60. The number of aryl methyl sites for hydroxylation is 2. The third-order valence-electron chi connectivity index (χ3n) is 2.88. The lowest BCUT2D eigenvalue weighted by atomic mass is 10.2. The van der Waals surface area contributed by atoms with Crippen molar-refractivity contribution < 1.29 is 0 Å². The van der Waals surface area contributed by atoms with E-state index in [1.54, 1.807) is 0 Å². The molecule has 0 radical (unpaired) electrons. The van der Waals surface area contributed by atoms with Gasteiger partial charge in [0, 0.05) is 24.8 Å². The summed E-state index contributed by atoms with van der Waals surface area (Å²) in [5, 5.41) is 0. The summed E-state index contributed by atoms with van der Waals surface area (Å²) in [6, 6.07) is 2.10. The molecule has 0 saturated carbocycles. The molecule has 1 aromatic heterocycles. The molecule has 82 valence electrons. The fraction of sp³-hybridized carbons (Fsp3) is 0.667. The molecule has 0 atom stereocenters. The Balaban J connectivity index is 2.19. The van der Waals surface area contributed by atoms with E-state index in [0.717, 1.165) is 30.4 Å². The highest BCUT2D eigenvalue weighted by atomic mass is 15.2. The first-order chi connectivity index (χ1) is 7.25. The van der Waals surface area contributed by atoms with Gasteiger partial charge in [-0.1, -0.05) is 12.8 Å². The monoisotopic (exact) mass is 205 g/mol. The molecule has 1 fully saturated rings. The quantitative estimate of drug-likeness (QED) is 0.705. The van der Waals surface area contributed by atoms with Crippen LogP contribution in [-0.2, 0) is 0 Å². The number of hydrogen-bond acceptors (Lipinski definition) is 3. The predicted molar refractivity (Wildman–Crippen MR) is 62.2 cm³/mol. The zero-order valence-corrected chi connectivity index (χ0v) is 9.66. The Morgan fingerprint density at radius 3 is 2.27 bits per heavy atom. The smallest absolute Gasteiger partial charge is 0.132 e. The highest BCUT2D eigenvalue weighted by molar-refractivity contribution is 5.39. The van der Waals surface area contributed by atoms with Gasteiger partial charge in [-0.2, -0.15) is 0 Å². The molecule has 1 aliphatic rings. The molecule has 1 saturated heterocycles. The maximum absolute atomic E-state index is 4.51. The third-order valence-corrected chi connectivity index (χ3v) is 2.88. The van der Waals surface area contributed by atoms with Crippen molar-refractivity contribution in [1.29, 1.82) is 0 Å². The van der Waals surface area contributed by atoms with E-state index < -0.39 is 0 Å². The Morgan fingerprint density at radius 2 is 1.67 bits per heavy atom. The van der Waals surface area contributed by atoms with Gasteiger partial charge in [-0.15, -0.1) is 0 Å². The van der Waals surface area contributed by atoms with Gasteiger partial charge in [0.15, 0.2) is 0 Å². The van der Waals surface area contributed by atoms with Gasteiger partial charge >= 0.3 is 0 Å². The number of hydrogen-bond donors (Lipinski definition) is 0. The lowest BCUT2D eigenvalue weighted by Gasteiger charge is -2.21.